The first-order chi connectivity index (χ1) is 9.47. The van der Waals surface area contributed by atoms with Crippen LogP contribution in [0.2, 0.25) is 5.02 Å². The summed E-state index contributed by atoms with van der Waals surface area (Å²) < 4.78 is 40.5. The Labute approximate surface area is 117 Å². The third kappa shape index (κ3) is 2.14. The zero-order valence-corrected chi connectivity index (χ0v) is 10.8. The lowest BCUT2D eigenvalue weighted by Crippen LogP contribution is -2.13. The largest absolute Gasteiger partial charge is 0.450 e. The fourth-order valence-corrected chi connectivity index (χ4v) is 2.19. The maximum Gasteiger partial charge on any atom is 0.450 e. The van der Waals surface area contributed by atoms with Gasteiger partial charge in [-0.05, 0) is 36.4 Å². The number of hydrogen-bond donors (Lipinski definition) is 0. The normalized spacial score (nSPS) is 12.0. The lowest BCUT2D eigenvalue weighted by molar-refractivity contribution is -0.145. The monoisotopic (exact) mass is 296 g/mol. The van der Waals surface area contributed by atoms with Crippen LogP contribution in [0.15, 0.2) is 48.5 Å². The Hall–Kier alpha value is -2.01. The Morgan fingerprint density at radius 2 is 1.60 bits per heavy atom. The number of alkyl halides is 3. The van der Waals surface area contributed by atoms with Crippen molar-refractivity contribution in [3.05, 3.63) is 59.4 Å². The minimum atomic E-state index is -4.53. The SMILES string of the molecule is FC(F)(F)c1nc2ccccc2n1-c1ccc(Cl)cc1. The number of fused-ring (bicyclic) bond motifs is 1. The summed E-state index contributed by atoms with van der Waals surface area (Å²) in [5, 5.41) is 0.465. The molecule has 0 bridgehead atoms. The quantitative estimate of drug-likeness (QED) is 0.636. The molecule has 0 spiro atoms. The van der Waals surface area contributed by atoms with Gasteiger partial charge in [0.1, 0.15) is 0 Å². The first-order valence-corrected chi connectivity index (χ1v) is 6.15. The molecule has 0 N–H and O–H groups in total. The van der Waals surface area contributed by atoms with E-state index in [2.05, 4.69) is 4.98 Å². The van der Waals surface area contributed by atoms with Crippen molar-refractivity contribution in [3.8, 4) is 5.69 Å². The minimum absolute atomic E-state index is 0.301. The second kappa shape index (κ2) is 4.52. The van der Waals surface area contributed by atoms with Gasteiger partial charge < -0.3 is 0 Å². The maximum atomic E-state index is 13.1. The molecule has 3 rings (SSSR count). The van der Waals surface area contributed by atoms with Gasteiger partial charge in [0.05, 0.1) is 11.0 Å². The lowest BCUT2D eigenvalue weighted by Gasteiger charge is -2.11. The van der Waals surface area contributed by atoms with Gasteiger partial charge in [-0.25, -0.2) is 4.98 Å². The molecule has 0 aliphatic carbocycles. The van der Waals surface area contributed by atoms with Gasteiger partial charge in [0.15, 0.2) is 0 Å². The summed E-state index contributed by atoms with van der Waals surface area (Å²) in [7, 11) is 0. The van der Waals surface area contributed by atoms with E-state index in [1.807, 2.05) is 0 Å². The predicted molar refractivity (Wildman–Crippen MR) is 71.1 cm³/mol. The number of nitrogens with zero attached hydrogens (tertiary/aromatic N) is 2. The first-order valence-electron chi connectivity index (χ1n) is 5.77. The Morgan fingerprint density at radius 3 is 2.25 bits per heavy atom. The van der Waals surface area contributed by atoms with Crippen molar-refractivity contribution in [2.75, 3.05) is 0 Å². The second-order valence-corrected chi connectivity index (χ2v) is 4.67. The summed E-state index contributed by atoms with van der Waals surface area (Å²) in [6, 6.07) is 12.6. The smallest absolute Gasteiger partial charge is 0.289 e. The number of para-hydroxylation sites is 2. The molecule has 2 aromatic carbocycles. The molecule has 0 saturated carbocycles. The molecule has 0 amide bonds. The van der Waals surface area contributed by atoms with Crippen LogP contribution in [0.5, 0.6) is 0 Å². The molecule has 1 heterocycles. The van der Waals surface area contributed by atoms with Crippen LogP contribution < -0.4 is 0 Å². The van der Waals surface area contributed by atoms with Crippen molar-refractivity contribution in [2.24, 2.45) is 0 Å². The first kappa shape index (κ1) is 13.0. The Balaban J connectivity index is 2.34. The van der Waals surface area contributed by atoms with Gasteiger partial charge in [-0.3, -0.25) is 4.57 Å². The summed E-state index contributed by atoms with van der Waals surface area (Å²) in [6.07, 6.45) is -4.53. The van der Waals surface area contributed by atoms with E-state index in [0.717, 1.165) is 4.57 Å². The van der Waals surface area contributed by atoms with E-state index in [-0.39, 0.29) is 0 Å². The molecule has 0 fully saturated rings. The Morgan fingerprint density at radius 1 is 0.950 bits per heavy atom. The molecule has 20 heavy (non-hydrogen) atoms. The highest BCUT2D eigenvalue weighted by Crippen LogP contribution is 2.33. The highest BCUT2D eigenvalue weighted by molar-refractivity contribution is 6.30. The molecule has 1 aromatic heterocycles. The standard InChI is InChI=1S/C14H8ClF3N2/c15-9-5-7-10(8-6-9)20-12-4-2-1-3-11(12)19-13(20)14(16,17)18/h1-8H. The van der Waals surface area contributed by atoms with Crippen molar-refractivity contribution >= 4 is 22.6 Å². The Bertz CT molecular complexity index is 760. The molecule has 0 saturated heterocycles. The van der Waals surface area contributed by atoms with E-state index in [1.54, 1.807) is 36.4 Å². The number of imidazole rings is 1. The third-order valence-electron chi connectivity index (χ3n) is 2.90. The molecule has 2 nitrogen and oxygen atoms in total. The van der Waals surface area contributed by atoms with Gasteiger partial charge in [-0.2, -0.15) is 13.2 Å². The van der Waals surface area contributed by atoms with E-state index in [4.69, 9.17) is 11.6 Å². The molecule has 0 aliphatic heterocycles. The molecular weight excluding hydrogens is 289 g/mol. The number of halogens is 4. The molecule has 3 aromatic rings. The molecule has 6 heteroatoms. The average Bonchev–Trinajstić information content (AvgIpc) is 2.79. The van der Waals surface area contributed by atoms with Crippen molar-refractivity contribution in [2.45, 2.75) is 6.18 Å². The van der Waals surface area contributed by atoms with Gasteiger partial charge in [-0.1, -0.05) is 23.7 Å². The van der Waals surface area contributed by atoms with Crippen LogP contribution in [0.3, 0.4) is 0 Å². The fourth-order valence-electron chi connectivity index (χ4n) is 2.07. The van der Waals surface area contributed by atoms with Crippen molar-refractivity contribution in [1.29, 1.82) is 0 Å². The van der Waals surface area contributed by atoms with E-state index in [0.29, 0.717) is 21.7 Å². The third-order valence-corrected chi connectivity index (χ3v) is 3.15. The number of aromatic nitrogens is 2. The van der Waals surface area contributed by atoms with E-state index < -0.39 is 12.0 Å². The van der Waals surface area contributed by atoms with Gasteiger partial charge >= 0.3 is 6.18 Å². The summed E-state index contributed by atoms with van der Waals surface area (Å²) in [4.78, 5) is 3.69. The fraction of sp³-hybridized carbons (Fsp3) is 0.0714. The van der Waals surface area contributed by atoms with Crippen LogP contribution in [0.1, 0.15) is 5.82 Å². The topological polar surface area (TPSA) is 17.8 Å². The summed E-state index contributed by atoms with van der Waals surface area (Å²) in [5.74, 6) is -0.943. The highest BCUT2D eigenvalue weighted by atomic mass is 35.5. The molecule has 0 radical (unpaired) electrons. The predicted octanol–water partition coefficient (Wildman–Crippen LogP) is 4.70. The molecule has 0 atom stereocenters. The number of benzene rings is 2. The summed E-state index contributed by atoms with van der Waals surface area (Å²) in [6.45, 7) is 0. The second-order valence-electron chi connectivity index (χ2n) is 4.23. The lowest BCUT2D eigenvalue weighted by atomic mass is 10.3. The number of hydrogen-bond acceptors (Lipinski definition) is 1. The van der Waals surface area contributed by atoms with Gasteiger partial charge in [0.2, 0.25) is 5.82 Å². The zero-order chi connectivity index (χ0) is 14.3. The summed E-state index contributed by atoms with van der Waals surface area (Å²) in [5.41, 5.74) is 1.08. The maximum absolute atomic E-state index is 13.1. The zero-order valence-electron chi connectivity index (χ0n) is 10.0. The molecule has 0 aliphatic rings. The van der Waals surface area contributed by atoms with Crippen LogP contribution in [0.25, 0.3) is 16.7 Å². The molecule has 0 unspecified atom stereocenters. The number of rotatable bonds is 1. The van der Waals surface area contributed by atoms with Crippen molar-refractivity contribution in [3.63, 3.8) is 0 Å². The van der Waals surface area contributed by atoms with Gasteiger partial charge in [0, 0.05) is 10.7 Å². The highest BCUT2D eigenvalue weighted by Gasteiger charge is 2.38. The van der Waals surface area contributed by atoms with E-state index in [9.17, 15) is 13.2 Å². The molecular formula is C14H8ClF3N2. The van der Waals surface area contributed by atoms with Crippen LogP contribution in [-0.4, -0.2) is 9.55 Å². The van der Waals surface area contributed by atoms with E-state index >= 15 is 0 Å². The van der Waals surface area contributed by atoms with Crippen LogP contribution in [0, 0.1) is 0 Å². The van der Waals surface area contributed by atoms with Crippen LogP contribution in [-0.2, 0) is 6.18 Å². The summed E-state index contributed by atoms with van der Waals surface area (Å²) >= 11 is 5.77. The van der Waals surface area contributed by atoms with E-state index in [1.165, 1.54) is 12.1 Å². The van der Waals surface area contributed by atoms with Crippen LogP contribution in [0.4, 0.5) is 13.2 Å². The van der Waals surface area contributed by atoms with Gasteiger partial charge in [0.25, 0.3) is 0 Å². The minimum Gasteiger partial charge on any atom is -0.289 e. The molecule has 102 valence electrons. The van der Waals surface area contributed by atoms with Gasteiger partial charge in [-0.15, -0.1) is 0 Å². The van der Waals surface area contributed by atoms with Crippen LogP contribution >= 0.6 is 11.6 Å². The average molecular weight is 297 g/mol. The van der Waals surface area contributed by atoms with Crippen molar-refractivity contribution < 1.29 is 13.2 Å². The van der Waals surface area contributed by atoms with Crippen molar-refractivity contribution in [1.82, 2.24) is 9.55 Å². The Kier molecular flexibility index (Phi) is 2.94.